The number of carbonyl (C=O) groups excluding carboxylic acids is 1. The predicted molar refractivity (Wildman–Crippen MR) is 81.1 cm³/mol. The summed E-state index contributed by atoms with van der Waals surface area (Å²) in [6, 6.07) is 4.79. The van der Waals surface area contributed by atoms with E-state index < -0.39 is 0 Å². The molecule has 0 fully saturated rings. The Hall–Kier alpha value is -1.66. The summed E-state index contributed by atoms with van der Waals surface area (Å²) in [6.45, 7) is 2.68. The highest BCUT2D eigenvalue weighted by atomic mass is 35.5. The van der Waals surface area contributed by atoms with Gasteiger partial charge in [-0.25, -0.2) is 4.68 Å². The molecule has 0 spiro atoms. The molecule has 5 nitrogen and oxygen atoms in total. The number of hydrogen-bond donors (Lipinski definition) is 0. The van der Waals surface area contributed by atoms with E-state index in [4.69, 9.17) is 11.6 Å². The summed E-state index contributed by atoms with van der Waals surface area (Å²) in [7, 11) is 1.87. The van der Waals surface area contributed by atoms with Crippen LogP contribution >= 0.6 is 22.9 Å². The van der Waals surface area contributed by atoms with Crippen LogP contribution in [-0.2, 0) is 6.54 Å². The highest BCUT2D eigenvalue weighted by molar-refractivity contribution is 7.18. The van der Waals surface area contributed by atoms with Crippen molar-refractivity contribution in [2.75, 3.05) is 18.5 Å². The molecular weight excluding hydrogens is 298 g/mol. The second-order valence-corrected chi connectivity index (χ2v) is 5.97. The average molecular weight is 312 g/mol. The molecule has 2 heterocycles. The Bertz CT molecular complexity index is 680. The van der Waals surface area contributed by atoms with Crippen molar-refractivity contribution in [3.05, 3.63) is 44.0 Å². The molecule has 20 heavy (non-hydrogen) atoms. The van der Waals surface area contributed by atoms with Crippen LogP contribution in [0.1, 0.15) is 16.6 Å². The fourth-order valence-corrected chi connectivity index (χ4v) is 2.59. The molecule has 0 bridgehead atoms. The van der Waals surface area contributed by atoms with Gasteiger partial charge in [-0.3, -0.25) is 9.59 Å². The molecule has 0 saturated heterocycles. The summed E-state index contributed by atoms with van der Waals surface area (Å²) in [4.78, 5) is 26.4. The molecule has 0 aliphatic carbocycles. The zero-order valence-corrected chi connectivity index (χ0v) is 12.7. The molecule has 2 aromatic rings. The van der Waals surface area contributed by atoms with Crippen LogP contribution in [0, 0.1) is 0 Å². The van der Waals surface area contributed by atoms with Gasteiger partial charge in [0.05, 0.1) is 21.1 Å². The molecule has 106 valence electrons. The van der Waals surface area contributed by atoms with E-state index in [9.17, 15) is 9.59 Å². The minimum atomic E-state index is -0.293. The summed E-state index contributed by atoms with van der Waals surface area (Å²) in [5.41, 5.74) is 0.444. The van der Waals surface area contributed by atoms with Crippen molar-refractivity contribution in [2.24, 2.45) is 0 Å². The van der Waals surface area contributed by atoms with Crippen molar-refractivity contribution in [1.82, 2.24) is 9.78 Å². The summed E-state index contributed by atoms with van der Waals surface area (Å²) in [5, 5.41) is 4.03. The maximum atomic E-state index is 12.0. The van der Waals surface area contributed by atoms with Crippen LogP contribution in [0.25, 0.3) is 0 Å². The number of rotatable bonds is 5. The van der Waals surface area contributed by atoms with Gasteiger partial charge >= 0.3 is 0 Å². The van der Waals surface area contributed by atoms with Gasteiger partial charge in [0.2, 0.25) is 0 Å². The van der Waals surface area contributed by atoms with Gasteiger partial charge in [0, 0.05) is 19.7 Å². The fourth-order valence-electron chi connectivity index (χ4n) is 1.61. The number of carbonyl (C=O) groups is 1. The van der Waals surface area contributed by atoms with Crippen molar-refractivity contribution in [3.63, 3.8) is 0 Å². The minimum Gasteiger partial charge on any atom is -0.373 e. The highest BCUT2D eigenvalue weighted by Crippen LogP contribution is 2.21. The Balaban J connectivity index is 2.18. The quantitative estimate of drug-likeness (QED) is 0.795. The summed E-state index contributed by atoms with van der Waals surface area (Å²) in [6.07, 6.45) is 1.58. The van der Waals surface area contributed by atoms with E-state index in [1.165, 1.54) is 17.4 Å². The van der Waals surface area contributed by atoms with E-state index in [0.29, 0.717) is 9.21 Å². The lowest BCUT2D eigenvalue weighted by Crippen LogP contribution is -2.28. The molecule has 0 aliphatic rings. The molecule has 0 radical (unpaired) electrons. The molecule has 0 aliphatic heterocycles. The number of thiophene rings is 1. The van der Waals surface area contributed by atoms with Gasteiger partial charge in [-0.15, -0.1) is 11.3 Å². The second kappa shape index (κ2) is 6.19. The fraction of sp³-hybridized carbons (Fsp3) is 0.308. The van der Waals surface area contributed by atoms with Crippen molar-refractivity contribution >= 4 is 34.4 Å². The van der Waals surface area contributed by atoms with E-state index >= 15 is 0 Å². The third kappa shape index (κ3) is 3.26. The van der Waals surface area contributed by atoms with E-state index in [2.05, 4.69) is 5.10 Å². The van der Waals surface area contributed by atoms with Crippen molar-refractivity contribution in [3.8, 4) is 0 Å². The Kier molecular flexibility index (Phi) is 4.57. The first kappa shape index (κ1) is 14.7. The number of ketones is 1. The van der Waals surface area contributed by atoms with Crippen molar-refractivity contribution < 1.29 is 4.79 Å². The van der Waals surface area contributed by atoms with E-state index in [-0.39, 0.29) is 17.9 Å². The maximum Gasteiger partial charge on any atom is 0.269 e. The molecule has 7 heteroatoms. The Morgan fingerprint density at radius 1 is 1.50 bits per heavy atom. The maximum absolute atomic E-state index is 12.0. The Morgan fingerprint density at radius 3 is 2.80 bits per heavy atom. The van der Waals surface area contributed by atoms with E-state index in [0.717, 1.165) is 16.9 Å². The molecule has 0 saturated carbocycles. The van der Waals surface area contributed by atoms with Gasteiger partial charge in [0.1, 0.15) is 6.54 Å². The Labute approximate surface area is 125 Å². The smallest absolute Gasteiger partial charge is 0.269 e. The van der Waals surface area contributed by atoms with E-state index in [1.807, 2.05) is 18.9 Å². The normalized spacial score (nSPS) is 10.6. The number of hydrogen-bond acceptors (Lipinski definition) is 5. The van der Waals surface area contributed by atoms with Crippen LogP contribution in [0.15, 0.2) is 29.2 Å². The first-order chi connectivity index (χ1) is 9.51. The van der Waals surface area contributed by atoms with Gasteiger partial charge in [-0.1, -0.05) is 11.6 Å². The SMILES string of the molecule is CCN(C)c1cnn(CC(=O)c2ccc(Cl)s2)c(=O)c1. The summed E-state index contributed by atoms with van der Waals surface area (Å²) in [5.74, 6) is -0.173. The van der Waals surface area contributed by atoms with Crippen molar-refractivity contribution in [2.45, 2.75) is 13.5 Å². The number of aromatic nitrogens is 2. The minimum absolute atomic E-state index is 0.0776. The van der Waals surface area contributed by atoms with Crippen LogP contribution in [0.2, 0.25) is 4.34 Å². The number of Topliss-reactive ketones (excluding diaryl/α,β-unsaturated/α-hetero) is 1. The monoisotopic (exact) mass is 311 g/mol. The standard InChI is InChI=1S/C13H14ClN3O2S/c1-3-16(2)9-6-13(19)17(15-7-9)8-10(18)11-4-5-12(14)20-11/h4-7H,3,8H2,1-2H3. The zero-order valence-electron chi connectivity index (χ0n) is 11.2. The number of nitrogens with zero attached hydrogens (tertiary/aromatic N) is 3. The predicted octanol–water partition coefficient (Wildman–Crippen LogP) is 2.30. The molecule has 2 aromatic heterocycles. The lowest BCUT2D eigenvalue weighted by molar-refractivity contribution is 0.0969. The largest absolute Gasteiger partial charge is 0.373 e. The summed E-state index contributed by atoms with van der Waals surface area (Å²) >= 11 is 6.98. The molecule has 2 rings (SSSR count). The average Bonchev–Trinajstić information content (AvgIpc) is 2.86. The zero-order chi connectivity index (χ0) is 14.7. The highest BCUT2D eigenvalue weighted by Gasteiger charge is 2.12. The molecule has 0 amide bonds. The molecular formula is C13H14ClN3O2S. The lowest BCUT2D eigenvalue weighted by Gasteiger charge is -2.16. The van der Waals surface area contributed by atoms with Gasteiger partial charge in [0.15, 0.2) is 5.78 Å². The van der Waals surface area contributed by atoms with Gasteiger partial charge in [-0.05, 0) is 19.1 Å². The third-order valence-electron chi connectivity index (χ3n) is 2.91. The number of halogens is 1. The first-order valence-corrected chi connectivity index (χ1v) is 7.27. The van der Waals surface area contributed by atoms with Crippen LogP contribution in [0.3, 0.4) is 0 Å². The molecule has 0 atom stereocenters. The van der Waals surface area contributed by atoms with Crippen LogP contribution in [0.4, 0.5) is 5.69 Å². The van der Waals surface area contributed by atoms with E-state index in [1.54, 1.807) is 18.3 Å². The van der Waals surface area contributed by atoms with Crippen LogP contribution < -0.4 is 10.5 Å². The molecule has 0 unspecified atom stereocenters. The van der Waals surface area contributed by atoms with Gasteiger partial charge < -0.3 is 4.90 Å². The van der Waals surface area contributed by atoms with Gasteiger partial charge in [0.25, 0.3) is 5.56 Å². The van der Waals surface area contributed by atoms with Crippen molar-refractivity contribution in [1.29, 1.82) is 0 Å². The molecule has 0 N–H and O–H groups in total. The van der Waals surface area contributed by atoms with Gasteiger partial charge in [-0.2, -0.15) is 5.10 Å². The van der Waals surface area contributed by atoms with Crippen LogP contribution in [0.5, 0.6) is 0 Å². The first-order valence-electron chi connectivity index (χ1n) is 6.08. The van der Waals surface area contributed by atoms with Crippen LogP contribution in [-0.4, -0.2) is 29.2 Å². The summed E-state index contributed by atoms with van der Waals surface area (Å²) < 4.78 is 1.71. The lowest BCUT2D eigenvalue weighted by atomic mass is 10.3. The second-order valence-electron chi connectivity index (χ2n) is 4.25. The topological polar surface area (TPSA) is 55.2 Å². The third-order valence-corrected chi connectivity index (χ3v) is 4.18. The molecule has 0 aromatic carbocycles. The Morgan fingerprint density at radius 2 is 2.25 bits per heavy atom. The number of anilines is 1.